The maximum atomic E-state index is 12.0. The molecule has 1 aromatic heterocycles. The zero-order chi connectivity index (χ0) is 12.5. The predicted octanol–water partition coefficient (Wildman–Crippen LogP) is -0.609. The number of nitrogens with two attached hydrogens (primary N) is 1. The van der Waals surface area contributed by atoms with Crippen LogP contribution in [0.25, 0.3) is 0 Å². The molecule has 7 heteroatoms. The summed E-state index contributed by atoms with van der Waals surface area (Å²) in [6, 6.07) is 1.47. The van der Waals surface area contributed by atoms with Crippen LogP contribution in [-0.2, 0) is 9.53 Å². The number of primary amides is 1. The van der Waals surface area contributed by atoms with Gasteiger partial charge in [-0.15, -0.1) is 0 Å². The first-order chi connectivity index (χ1) is 8.03. The number of rotatable bonds is 2. The van der Waals surface area contributed by atoms with Crippen molar-refractivity contribution in [3.05, 3.63) is 18.0 Å². The fourth-order valence-corrected chi connectivity index (χ4v) is 1.67. The standard InChI is InChI=1S/C10H13N3O4/c1-10(9(11)15)6-13(4-5-16-10)8(14)7-2-3-12-17-7/h2-3H,4-6H2,1H3,(H2,11,15). The van der Waals surface area contributed by atoms with E-state index in [1.54, 1.807) is 6.92 Å². The van der Waals surface area contributed by atoms with Gasteiger partial charge in [-0.2, -0.15) is 0 Å². The lowest BCUT2D eigenvalue weighted by Gasteiger charge is -2.37. The summed E-state index contributed by atoms with van der Waals surface area (Å²) in [5.74, 6) is -0.774. The fourth-order valence-electron chi connectivity index (χ4n) is 1.67. The average Bonchev–Trinajstić information content (AvgIpc) is 2.81. The molecule has 92 valence electrons. The summed E-state index contributed by atoms with van der Waals surface area (Å²) in [5, 5.41) is 3.46. The Labute approximate surface area is 97.5 Å². The quantitative estimate of drug-likeness (QED) is 0.742. The summed E-state index contributed by atoms with van der Waals surface area (Å²) in [4.78, 5) is 24.7. The van der Waals surface area contributed by atoms with Crippen LogP contribution in [0.15, 0.2) is 16.8 Å². The monoisotopic (exact) mass is 239 g/mol. The largest absolute Gasteiger partial charge is 0.367 e. The minimum atomic E-state index is -1.14. The molecule has 1 aliphatic heterocycles. The summed E-state index contributed by atoms with van der Waals surface area (Å²) in [7, 11) is 0. The molecule has 2 N–H and O–H groups in total. The number of carbonyl (C=O) groups is 2. The molecule has 0 bridgehead atoms. The van der Waals surface area contributed by atoms with E-state index in [4.69, 9.17) is 15.0 Å². The third-order valence-electron chi connectivity index (χ3n) is 2.73. The van der Waals surface area contributed by atoms with Gasteiger partial charge >= 0.3 is 0 Å². The van der Waals surface area contributed by atoms with Gasteiger partial charge in [-0.3, -0.25) is 9.59 Å². The van der Waals surface area contributed by atoms with Gasteiger partial charge in [-0.25, -0.2) is 0 Å². The number of morpholine rings is 1. The Bertz CT molecular complexity index is 431. The highest BCUT2D eigenvalue weighted by molar-refractivity contribution is 5.92. The van der Waals surface area contributed by atoms with E-state index in [1.165, 1.54) is 17.2 Å². The lowest BCUT2D eigenvalue weighted by molar-refractivity contribution is -0.150. The third kappa shape index (κ3) is 2.14. The first-order valence-electron chi connectivity index (χ1n) is 5.17. The van der Waals surface area contributed by atoms with Gasteiger partial charge in [0.25, 0.3) is 11.8 Å². The van der Waals surface area contributed by atoms with Crippen molar-refractivity contribution < 1.29 is 18.8 Å². The number of ether oxygens (including phenoxy) is 1. The Morgan fingerprint density at radius 2 is 2.35 bits per heavy atom. The van der Waals surface area contributed by atoms with Crippen LogP contribution in [0.5, 0.6) is 0 Å². The molecule has 0 aliphatic carbocycles. The van der Waals surface area contributed by atoms with E-state index in [-0.39, 0.29) is 24.8 Å². The molecule has 1 aliphatic rings. The summed E-state index contributed by atoms with van der Waals surface area (Å²) < 4.78 is 10.1. The topological polar surface area (TPSA) is 98.7 Å². The molecule has 17 heavy (non-hydrogen) atoms. The SMILES string of the molecule is CC1(C(N)=O)CN(C(=O)c2ccno2)CCO1. The van der Waals surface area contributed by atoms with Crippen LogP contribution in [0.1, 0.15) is 17.5 Å². The zero-order valence-corrected chi connectivity index (χ0v) is 9.38. The second-order valence-corrected chi connectivity index (χ2v) is 4.05. The fraction of sp³-hybridized carbons (Fsp3) is 0.500. The van der Waals surface area contributed by atoms with Gasteiger partial charge in [0.1, 0.15) is 0 Å². The number of hydrogen-bond donors (Lipinski definition) is 1. The van der Waals surface area contributed by atoms with E-state index >= 15 is 0 Å². The number of hydrogen-bond acceptors (Lipinski definition) is 5. The molecule has 1 saturated heterocycles. The number of amides is 2. The second kappa shape index (κ2) is 4.17. The number of aromatic nitrogens is 1. The second-order valence-electron chi connectivity index (χ2n) is 4.05. The highest BCUT2D eigenvalue weighted by atomic mass is 16.5. The van der Waals surface area contributed by atoms with Crippen molar-refractivity contribution >= 4 is 11.8 Å². The number of carbonyl (C=O) groups excluding carboxylic acids is 2. The van der Waals surface area contributed by atoms with Crippen molar-refractivity contribution in [1.29, 1.82) is 0 Å². The molecule has 1 atom stereocenters. The minimum Gasteiger partial charge on any atom is -0.367 e. The van der Waals surface area contributed by atoms with Gasteiger partial charge in [0, 0.05) is 12.6 Å². The smallest absolute Gasteiger partial charge is 0.292 e. The van der Waals surface area contributed by atoms with Crippen molar-refractivity contribution in [2.24, 2.45) is 5.73 Å². The maximum Gasteiger partial charge on any atom is 0.292 e. The van der Waals surface area contributed by atoms with Gasteiger partial charge in [0.2, 0.25) is 5.76 Å². The molecule has 0 radical (unpaired) electrons. The Morgan fingerprint density at radius 1 is 1.59 bits per heavy atom. The molecule has 2 heterocycles. The van der Waals surface area contributed by atoms with E-state index in [0.717, 1.165) is 0 Å². The van der Waals surface area contributed by atoms with E-state index in [0.29, 0.717) is 6.54 Å². The van der Waals surface area contributed by atoms with Crippen LogP contribution < -0.4 is 5.73 Å². The zero-order valence-electron chi connectivity index (χ0n) is 9.38. The molecule has 7 nitrogen and oxygen atoms in total. The Hall–Kier alpha value is -1.89. The van der Waals surface area contributed by atoms with Crippen LogP contribution in [0.4, 0.5) is 0 Å². The van der Waals surface area contributed by atoms with Crippen molar-refractivity contribution in [3.63, 3.8) is 0 Å². The van der Waals surface area contributed by atoms with Gasteiger partial charge in [0.05, 0.1) is 19.3 Å². The lowest BCUT2D eigenvalue weighted by atomic mass is 10.0. The summed E-state index contributed by atoms with van der Waals surface area (Å²) in [6.07, 6.45) is 1.39. The van der Waals surface area contributed by atoms with Crippen LogP contribution in [0.3, 0.4) is 0 Å². The third-order valence-corrected chi connectivity index (χ3v) is 2.73. The molecule has 0 spiro atoms. The Kier molecular flexibility index (Phi) is 2.84. The normalized spacial score (nSPS) is 24.6. The summed E-state index contributed by atoms with van der Waals surface area (Å²) in [6.45, 7) is 2.33. The van der Waals surface area contributed by atoms with Crippen LogP contribution in [-0.4, -0.2) is 47.2 Å². The van der Waals surface area contributed by atoms with E-state index in [1.807, 2.05) is 0 Å². The van der Waals surface area contributed by atoms with E-state index in [2.05, 4.69) is 5.16 Å². The molecule has 2 amide bonds. The lowest BCUT2D eigenvalue weighted by Crippen LogP contribution is -2.58. The molecule has 1 aromatic rings. The van der Waals surface area contributed by atoms with Crippen LogP contribution in [0, 0.1) is 0 Å². The van der Waals surface area contributed by atoms with Crippen molar-refractivity contribution in [3.8, 4) is 0 Å². The molecule has 2 rings (SSSR count). The van der Waals surface area contributed by atoms with Crippen molar-refractivity contribution in [1.82, 2.24) is 10.1 Å². The Balaban J connectivity index is 2.13. The maximum absolute atomic E-state index is 12.0. The first kappa shape index (κ1) is 11.6. The minimum absolute atomic E-state index is 0.113. The summed E-state index contributed by atoms with van der Waals surface area (Å²) >= 11 is 0. The van der Waals surface area contributed by atoms with E-state index < -0.39 is 11.5 Å². The van der Waals surface area contributed by atoms with Crippen LogP contribution in [0.2, 0.25) is 0 Å². The van der Waals surface area contributed by atoms with Crippen molar-refractivity contribution in [2.75, 3.05) is 19.7 Å². The first-order valence-corrected chi connectivity index (χ1v) is 5.17. The van der Waals surface area contributed by atoms with Gasteiger partial charge < -0.3 is 19.9 Å². The van der Waals surface area contributed by atoms with Crippen molar-refractivity contribution in [2.45, 2.75) is 12.5 Å². The number of nitrogens with zero attached hydrogens (tertiary/aromatic N) is 2. The highest BCUT2D eigenvalue weighted by Gasteiger charge is 2.39. The predicted molar refractivity (Wildman–Crippen MR) is 56.0 cm³/mol. The summed E-state index contributed by atoms with van der Waals surface area (Å²) in [5.41, 5.74) is 4.10. The molecule has 1 fully saturated rings. The van der Waals surface area contributed by atoms with Crippen LogP contribution >= 0.6 is 0 Å². The van der Waals surface area contributed by atoms with E-state index in [9.17, 15) is 9.59 Å². The van der Waals surface area contributed by atoms with Gasteiger partial charge in [0.15, 0.2) is 5.60 Å². The molecule has 0 aromatic carbocycles. The molecule has 0 saturated carbocycles. The average molecular weight is 239 g/mol. The molecule has 1 unspecified atom stereocenters. The molecular weight excluding hydrogens is 226 g/mol. The molecular formula is C10H13N3O4. The highest BCUT2D eigenvalue weighted by Crippen LogP contribution is 2.18. The van der Waals surface area contributed by atoms with Gasteiger partial charge in [-0.1, -0.05) is 5.16 Å². The van der Waals surface area contributed by atoms with Gasteiger partial charge in [-0.05, 0) is 6.92 Å². The Morgan fingerprint density at radius 3 is 2.94 bits per heavy atom.